The van der Waals surface area contributed by atoms with Gasteiger partial charge in [0.1, 0.15) is 5.82 Å². The highest BCUT2D eigenvalue weighted by Crippen LogP contribution is 2.25. The summed E-state index contributed by atoms with van der Waals surface area (Å²) >= 11 is 0. The van der Waals surface area contributed by atoms with Crippen molar-refractivity contribution in [2.24, 2.45) is 0 Å². The fraction of sp³-hybridized carbons (Fsp3) is 0.571. The summed E-state index contributed by atoms with van der Waals surface area (Å²) in [4.78, 5) is 2.28. The molecular weight excluding hydrogens is 231 g/mol. The van der Waals surface area contributed by atoms with Gasteiger partial charge < -0.3 is 15.0 Å². The zero-order valence-corrected chi connectivity index (χ0v) is 11.2. The van der Waals surface area contributed by atoms with Crippen LogP contribution in [-0.4, -0.2) is 32.3 Å². The second-order valence-corrected chi connectivity index (χ2v) is 4.97. The Bertz CT molecular complexity index is 401. The van der Waals surface area contributed by atoms with E-state index in [0.29, 0.717) is 6.54 Å². The van der Waals surface area contributed by atoms with Crippen molar-refractivity contribution >= 4 is 5.69 Å². The van der Waals surface area contributed by atoms with Crippen LogP contribution in [0.5, 0.6) is 0 Å². The predicted octanol–water partition coefficient (Wildman–Crippen LogP) is 2.16. The minimum Gasteiger partial charge on any atom is -0.372 e. The highest BCUT2D eigenvalue weighted by atomic mass is 19.1. The number of rotatable bonds is 3. The lowest BCUT2D eigenvalue weighted by molar-refractivity contribution is -0.00526. The minimum atomic E-state index is -0.182. The van der Waals surface area contributed by atoms with Gasteiger partial charge in [0, 0.05) is 25.3 Å². The molecule has 3 nitrogen and oxygen atoms in total. The van der Waals surface area contributed by atoms with E-state index in [0.717, 1.165) is 24.3 Å². The van der Waals surface area contributed by atoms with Gasteiger partial charge in [0.2, 0.25) is 0 Å². The summed E-state index contributed by atoms with van der Waals surface area (Å²) in [6, 6.07) is 5.00. The van der Waals surface area contributed by atoms with E-state index in [4.69, 9.17) is 4.74 Å². The number of anilines is 1. The molecule has 0 bridgehead atoms. The van der Waals surface area contributed by atoms with Crippen molar-refractivity contribution in [1.29, 1.82) is 0 Å². The number of ether oxygens (including phenoxy) is 1. The van der Waals surface area contributed by atoms with Crippen LogP contribution in [0.1, 0.15) is 19.4 Å². The van der Waals surface area contributed by atoms with Crippen LogP contribution in [0.4, 0.5) is 10.1 Å². The van der Waals surface area contributed by atoms with Crippen LogP contribution in [0, 0.1) is 5.82 Å². The molecule has 1 aliphatic heterocycles. The second kappa shape index (κ2) is 5.67. The first-order valence-electron chi connectivity index (χ1n) is 6.43. The summed E-state index contributed by atoms with van der Waals surface area (Å²) in [5.41, 5.74) is 2.10. The maximum absolute atomic E-state index is 13.3. The van der Waals surface area contributed by atoms with Gasteiger partial charge in [-0.2, -0.15) is 0 Å². The number of halogens is 1. The third-order valence-corrected chi connectivity index (χ3v) is 3.17. The molecule has 0 saturated carbocycles. The van der Waals surface area contributed by atoms with Crippen LogP contribution in [0.25, 0.3) is 0 Å². The van der Waals surface area contributed by atoms with E-state index in [1.807, 2.05) is 13.1 Å². The lowest BCUT2D eigenvalue weighted by Gasteiger charge is -2.37. The summed E-state index contributed by atoms with van der Waals surface area (Å²) in [6.45, 7) is 6.53. The summed E-state index contributed by atoms with van der Waals surface area (Å²) < 4.78 is 19.1. The maximum Gasteiger partial charge on any atom is 0.123 e. The van der Waals surface area contributed by atoms with Crippen LogP contribution in [-0.2, 0) is 11.3 Å². The Hall–Kier alpha value is -1.13. The van der Waals surface area contributed by atoms with Crippen LogP contribution in [0.15, 0.2) is 18.2 Å². The SMILES string of the molecule is CNCc1cc(F)ccc1N1CC(C)OC(C)C1. The molecule has 100 valence electrons. The lowest BCUT2D eigenvalue weighted by atomic mass is 10.1. The van der Waals surface area contributed by atoms with E-state index in [-0.39, 0.29) is 18.0 Å². The summed E-state index contributed by atoms with van der Waals surface area (Å²) in [5.74, 6) is -0.182. The van der Waals surface area contributed by atoms with Crippen molar-refractivity contribution in [2.75, 3.05) is 25.0 Å². The monoisotopic (exact) mass is 252 g/mol. The Morgan fingerprint density at radius 2 is 2.00 bits per heavy atom. The molecule has 4 heteroatoms. The maximum atomic E-state index is 13.3. The second-order valence-electron chi connectivity index (χ2n) is 4.97. The Morgan fingerprint density at radius 3 is 2.61 bits per heavy atom. The number of morpholine rings is 1. The molecule has 2 atom stereocenters. The average molecular weight is 252 g/mol. The van der Waals surface area contributed by atoms with Gasteiger partial charge in [0.25, 0.3) is 0 Å². The minimum absolute atomic E-state index is 0.182. The molecule has 1 aliphatic rings. The molecular formula is C14H21FN2O. The molecule has 0 radical (unpaired) electrons. The first kappa shape index (κ1) is 13.3. The van der Waals surface area contributed by atoms with Gasteiger partial charge in [-0.25, -0.2) is 4.39 Å². The fourth-order valence-electron chi connectivity index (χ4n) is 2.57. The first-order chi connectivity index (χ1) is 8.60. The topological polar surface area (TPSA) is 24.5 Å². The van der Waals surface area contributed by atoms with Gasteiger partial charge >= 0.3 is 0 Å². The Labute approximate surface area is 108 Å². The number of nitrogens with one attached hydrogen (secondary N) is 1. The smallest absolute Gasteiger partial charge is 0.123 e. The first-order valence-corrected chi connectivity index (χ1v) is 6.43. The highest BCUT2D eigenvalue weighted by Gasteiger charge is 2.23. The molecule has 2 rings (SSSR count). The number of nitrogens with zero attached hydrogens (tertiary/aromatic N) is 1. The molecule has 0 aromatic heterocycles. The highest BCUT2D eigenvalue weighted by molar-refractivity contribution is 5.54. The normalized spacial score (nSPS) is 24.3. The summed E-state index contributed by atoms with van der Waals surface area (Å²) in [7, 11) is 1.87. The molecule has 1 heterocycles. The van der Waals surface area contributed by atoms with Crippen LogP contribution >= 0.6 is 0 Å². The Balaban J connectivity index is 2.25. The van der Waals surface area contributed by atoms with Gasteiger partial charge in [-0.3, -0.25) is 0 Å². The molecule has 1 aromatic rings. The van der Waals surface area contributed by atoms with E-state index in [9.17, 15) is 4.39 Å². The van der Waals surface area contributed by atoms with Crippen molar-refractivity contribution in [1.82, 2.24) is 5.32 Å². The number of benzene rings is 1. The number of hydrogen-bond donors (Lipinski definition) is 1. The molecule has 0 aliphatic carbocycles. The van der Waals surface area contributed by atoms with Gasteiger partial charge in [0.05, 0.1) is 12.2 Å². The standard InChI is InChI=1S/C14H21FN2O/c1-10-8-17(9-11(2)18-10)14-5-4-13(15)6-12(14)7-16-3/h4-6,10-11,16H,7-9H2,1-3H3. The molecule has 18 heavy (non-hydrogen) atoms. The lowest BCUT2D eigenvalue weighted by Crippen LogP contribution is -2.46. The predicted molar refractivity (Wildman–Crippen MR) is 71.4 cm³/mol. The van der Waals surface area contributed by atoms with Crippen molar-refractivity contribution in [2.45, 2.75) is 32.6 Å². The molecule has 0 amide bonds. The number of hydrogen-bond acceptors (Lipinski definition) is 3. The van der Waals surface area contributed by atoms with Crippen LogP contribution in [0.2, 0.25) is 0 Å². The zero-order valence-electron chi connectivity index (χ0n) is 11.2. The van der Waals surface area contributed by atoms with Gasteiger partial charge in [-0.1, -0.05) is 0 Å². The van der Waals surface area contributed by atoms with E-state index >= 15 is 0 Å². The van der Waals surface area contributed by atoms with E-state index in [1.54, 1.807) is 6.07 Å². The largest absolute Gasteiger partial charge is 0.372 e. The molecule has 2 unspecified atom stereocenters. The Morgan fingerprint density at radius 1 is 1.33 bits per heavy atom. The fourth-order valence-corrected chi connectivity index (χ4v) is 2.57. The van der Waals surface area contributed by atoms with Crippen molar-refractivity contribution in [3.63, 3.8) is 0 Å². The zero-order chi connectivity index (χ0) is 13.1. The molecule has 1 saturated heterocycles. The van der Waals surface area contributed by atoms with E-state index in [2.05, 4.69) is 24.1 Å². The van der Waals surface area contributed by atoms with Gasteiger partial charge in [0.15, 0.2) is 0 Å². The Kier molecular flexibility index (Phi) is 4.19. The van der Waals surface area contributed by atoms with Crippen molar-refractivity contribution in [3.05, 3.63) is 29.6 Å². The van der Waals surface area contributed by atoms with E-state index < -0.39 is 0 Å². The summed E-state index contributed by atoms with van der Waals surface area (Å²) in [5, 5.41) is 3.09. The van der Waals surface area contributed by atoms with Crippen molar-refractivity contribution in [3.8, 4) is 0 Å². The van der Waals surface area contributed by atoms with Gasteiger partial charge in [-0.15, -0.1) is 0 Å². The van der Waals surface area contributed by atoms with Crippen LogP contribution < -0.4 is 10.2 Å². The quantitative estimate of drug-likeness (QED) is 0.892. The summed E-state index contributed by atoms with van der Waals surface area (Å²) in [6.07, 6.45) is 0.419. The van der Waals surface area contributed by atoms with E-state index in [1.165, 1.54) is 6.07 Å². The third kappa shape index (κ3) is 3.00. The third-order valence-electron chi connectivity index (χ3n) is 3.17. The van der Waals surface area contributed by atoms with Crippen LogP contribution in [0.3, 0.4) is 0 Å². The molecule has 0 spiro atoms. The average Bonchev–Trinajstić information content (AvgIpc) is 2.28. The van der Waals surface area contributed by atoms with Gasteiger partial charge in [-0.05, 0) is 44.7 Å². The van der Waals surface area contributed by atoms with Crippen molar-refractivity contribution < 1.29 is 9.13 Å². The molecule has 1 aromatic carbocycles. The molecule has 1 N–H and O–H groups in total. The molecule has 1 fully saturated rings.